The number of benzene rings is 2. The van der Waals surface area contributed by atoms with E-state index in [-0.39, 0.29) is 4.90 Å². The van der Waals surface area contributed by atoms with Crippen molar-refractivity contribution in [3.05, 3.63) is 48.5 Å². The Morgan fingerprint density at radius 1 is 0.957 bits per heavy atom. The fraction of sp³-hybridized carbons (Fsp3) is 0.235. The van der Waals surface area contributed by atoms with Crippen LogP contribution in [0.2, 0.25) is 0 Å². The average Bonchev–Trinajstić information content (AvgIpc) is 2.47. The Bertz CT molecular complexity index is 793. The molecule has 0 amide bonds. The van der Waals surface area contributed by atoms with Crippen LogP contribution >= 0.6 is 0 Å². The molecule has 2 aromatic carbocycles. The number of carboxylic acids is 1. The molecule has 0 bridgehead atoms. The number of carboxylic acid groups (broad SMARTS) is 1. The van der Waals surface area contributed by atoms with E-state index in [0.29, 0.717) is 0 Å². The minimum Gasteiger partial charge on any atom is -0.480 e. The van der Waals surface area contributed by atoms with E-state index in [0.717, 1.165) is 16.6 Å². The second-order valence-corrected chi connectivity index (χ2v) is 8.01. The van der Waals surface area contributed by atoms with Crippen molar-refractivity contribution < 1.29 is 18.3 Å². The average molecular weight is 330 g/mol. The molecule has 0 aliphatic heterocycles. The van der Waals surface area contributed by atoms with Gasteiger partial charge in [-0.1, -0.05) is 55.7 Å². The van der Waals surface area contributed by atoms with Gasteiger partial charge in [0, 0.05) is 0 Å². The number of hydrogen-bond acceptors (Lipinski definition) is 3. The number of rotatable bonds is 5. The molecule has 2 rings (SSSR count). The number of aliphatic carboxylic acids is 1. The van der Waals surface area contributed by atoms with Crippen molar-refractivity contribution in [1.82, 2.24) is 0 Å². The first kappa shape index (κ1) is 17.3. The number of sulfone groups is 1. The van der Waals surface area contributed by atoms with Crippen molar-refractivity contribution in [1.29, 1.82) is 0 Å². The molecule has 0 spiro atoms. The second kappa shape index (κ2) is 6.58. The lowest BCUT2D eigenvalue weighted by Gasteiger charge is -2.17. The molecule has 0 aromatic heterocycles. The molecule has 0 radical (unpaired) electrons. The van der Waals surface area contributed by atoms with Gasteiger partial charge in [0.25, 0.3) is 0 Å². The minimum atomic E-state index is -3.90. The lowest BCUT2D eigenvalue weighted by atomic mass is 9.94. The van der Waals surface area contributed by atoms with E-state index in [1.54, 1.807) is 26.0 Å². The van der Waals surface area contributed by atoms with Gasteiger partial charge in [0.1, 0.15) is 7.85 Å². The third-order valence-electron chi connectivity index (χ3n) is 3.75. The number of carbonyl (C=O) groups is 1. The second-order valence-electron chi connectivity index (χ2n) is 5.94. The molecule has 23 heavy (non-hydrogen) atoms. The minimum absolute atomic E-state index is 0.0365. The molecule has 6 heteroatoms. The highest BCUT2D eigenvalue weighted by molar-refractivity contribution is 7.92. The molecule has 0 heterocycles. The summed E-state index contributed by atoms with van der Waals surface area (Å²) < 4.78 is 25.1. The van der Waals surface area contributed by atoms with Crippen molar-refractivity contribution in [2.45, 2.75) is 24.0 Å². The van der Waals surface area contributed by atoms with Crippen LogP contribution < -0.4 is 5.46 Å². The van der Waals surface area contributed by atoms with Crippen molar-refractivity contribution in [2.75, 3.05) is 0 Å². The predicted octanol–water partition coefficient (Wildman–Crippen LogP) is 1.49. The first-order chi connectivity index (χ1) is 10.7. The fourth-order valence-electron chi connectivity index (χ4n) is 2.51. The zero-order valence-electron chi connectivity index (χ0n) is 13.4. The third kappa shape index (κ3) is 3.64. The largest absolute Gasteiger partial charge is 0.480 e. The van der Waals surface area contributed by atoms with Crippen LogP contribution in [0.5, 0.6) is 0 Å². The van der Waals surface area contributed by atoms with Crippen molar-refractivity contribution in [3.63, 3.8) is 0 Å². The van der Waals surface area contributed by atoms with Crippen LogP contribution in [-0.2, 0) is 14.6 Å². The van der Waals surface area contributed by atoms with Crippen LogP contribution in [0.1, 0.15) is 13.8 Å². The van der Waals surface area contributed by atoms with Gasteiger partial charge in [0.15, 0.2) is 15.1 Å². The molecule has 4 nitrogen and oxygen atoms in total. The van der Waals surface area contributed by atoms with Gasteiger partial charge in [-0.15, -0.1) is 0 Å². The molecule has 0 unspecified atom stereocenters. The van der Waals surface area contributed by atoms with Crippen LogP contribution in [0.25, 0.3) is 11.1 Å². The SMILES string of the molecule is Bc1ccc(-c2ccc(S(=O)(=O)[C@H](C(=O)O)C(C)C)cc2)cc1. The maximum absolute atomic E-state index is 12.5. The first-order valence-corrected chi connectivity index (χ1v) is 8.92. The molecule has 0 saturated heterocycles. The normalized spacial score (nSPS) is 13.0. The van der Waals surface area contributed by atoms with Gasteiger partial charge in [-0.25, -0.2) is 8.42 Å². The molecule has 1 atom stereocenters. The van der Waals surface area contributed by atoms with Gasteiger partial charge < -0.3 is 5.11 Å². The zero-order chi connectivity index (χ0) is 17.2. The van der Waals surface area contributed by atoms with E-state index >= 15 is 0 Å². The summed E-state index contributed by atoms with van der Waals surface area (Å²) in [5.41, 5.74) is 3.02. The fourth-order valence-corrected chi connectivity index (χ4v) is 4.30. The smallest absolute Gasteiger partial charge is 0.322 e. The molecule has 120 valence electrons. The lowest BCUT2D eigenvalue weighted by molar-refractivity contribution is -0.137. The van der Waals surface area contributed by atoms with Gasteiger partial charge in [0.05, 0.1) is 4.90 Å². The van der Waals surface area contributed by atoms with Crippen LogP contribution in [0.3, 0.4) is 0 Å². The molecule has 2 aromatic rings. The zero-order valence-corrected chi connectivity index (χ0v) is 14.2. The van der Waals surface area contributed by atoms with Crippen LogP contribution in [0, 0.1) is 5.92 Å². The summed E-state index contributed by atoms with van der Waals surface area (Å²) >= 11 is 0. The predicted molar refractivity (Wildman–Crippen MR) is 93.5 cm³/mol. The highest BCUT2D eigenvalue weighted by Crippen LogP contribution is 2.25. The Hall–Kier alpha value is -2.08. The Labute approximate surface area is 137 Å². The summed E-state index contributed by atoms with van der Waals surface area (Å²) in [5, 5.41) is 7.78. The Balaban J connectivity index is 2.38. The van der Waals surface area contributed by atoms with Crippen molar-refractivity contribution in [2.24, 2.45) is 5.92 Å². The van der Waals surface area contributed by atoms with E-state index in [2.05, 4.69) is 0 Å². The molecular formula is C17H19BO4S. The maximum atomic E-state index is 12.5. The summed E-state index contributed by atoms with van der Waals surface area (Å²) in [7, 11) is -1.91. The van der Waals surface area contributed by atoms with Gasteiger partial charge in [-0.3, -0.25) is 4.79 Å². The third-order valence-corrected chi connectivity index (χ3v) is 6.09. The van der Waals surface area contributed by atoms with E-state index < -0.39 is 27.0 Å². The van der Waals surface area contributed by atoms with Gasteiger partial charge in [0.2, 0.25) is 0 Å². The van der Waals surface area contributed by atoms with E-state index in [1.807, 2.05) is 32.1 Å². The van der Waals surface area contributed by atoms with E-state index in [9.17, 15) is 18.3 Å². The molecule has 0 aliphatic carbocycles. The highest BCUT2D eigenvalue weighted by atomic mass is 32.2. The van der Waals surface area contributed by atoms with Gasteiger partial charge >= 0.3 is 5.97 Å². The summed E-state index contributed by atoms with van der Waals surface area (Å²) in [6.07, 6.45) is 0. The quantitative estimate of drug-likeness (QED) is 0.844. The topological polar surface area (TPSA) is 71.4 Å². The van der Waals surface area contributed by atoms with E-state index in [1.165, 1.54) is 12.1 Å². The Morgan fingerprint density at radius 3 is 1.78 bits per heavy atom. The van der Waals surface area contributed by atoms with Crippen LogP contribution in [0.4, 0.5) is 0 Å². The first-order valence-electron chi connectivity index (χ1n) is 7.37. The summed E-state index contributed by atoms with van der Waals surface area (Å²) in [6, 6.07) is 14.3. The number of hydrogen-bond donors (Lipinski definition) is 1. The highest BCUT2D eigenvalue weighted by Gasteiger charge is 2.36. The van der Waals surface area contributed by atoms with E-state index in [4.69, 9.17) is 0 Å². The monoisotopic (exact) mass is 330 g/mol. The van der Waals surface area contributed by atoms with Gasteiger partial charge in [-0.2, -0.15) is 0 Å². The van der Waals surface area contributed by atoms with Crippen LogP contribution in [-0.4, -0.2) is 32.6 Å². The molecule has 0 fully saturated rings. The lowest BCUT2D eigenvalue weighted by Crippen LogP contribution is -2.34. The standard InChI is InChI=1S/C17H19BO4S/c1-11(2)16(17(19)20)23(21,22)15-9-5-13(6-10-15)12-3-7-14(18)8-4-12/h3-11,16H,18H2,1-2H3,(H,19,20)/t16-/m0/s1. The summed E-state index contributed by atoms with van der Waals surface area (Å²) in [6.45, 7) is 3.19. The summed E-state index contributed by atoms with van der Waals surface area (Å²) in [5.74, 6) is -1.82. The molecule has 0 saturated carbocycles. The Morgan fingerprint density at radius 2 is 1.39 bits per heavy atom. The molecular weight excluding hydrogens is 311 g/mol. The van der Waals surface area contributed by atoms with Gasteiger partial charge in [-0.05, 0) is 29.2 Å². The molecule has 1 N–H and O–H groups in total. The maximum Gasteiger partial charge on any atom is 0.322 e. The summed E-state index contributed by atoms with van der Waals surface area (Å²) in [4.78, 5) is 11.3. The van der Waals surface area contributed by atoms with Crippen molar-refractivity contribution >= 4 is 29.1 Å². The molecule has 0 aliphatic rings. The van der Waals surface area contributed by atoms with Crippen LogP contribution in [0.15, 0.2) is 53.4 Å². The Kier molecular flexibility index (Phi) is 4.95. The van der Waals surface area contributed by atoms with Crippen molar-refractivity contribution in [3.8, 4) is 11.1 Å².